The highest BCUT2D eigenvalue weighted by atomic mass is 16.7. The van der Waals surface area contributed by atoms with Crippen LogP contribution in [0.5, 0.6) is 11.5 Å². The number of hydrogen-bond acceptors (Lipinski definition) is 9. The Hall–Kier alpha value is -6.17. The number of fused-ring (bicyclic) bond motifs is 6. The lowest BCUT2D eigenvalue weighted by Crippen LogP contribution is -2.38. The molecule has 5 aromatic carbocycles. The van der Waals surface area contributed by atoms with Gasteiger partial charge < -0.3 is 18.9 Å². The van der Waals surface area contributed by atoms with E-state index in [0.29, 0.717) is 33.6 Å². The first kappa shape index (κ1) is 37.2. The number of hydrogen-bond donors (Lipinski definition) is 0. The number of carbonyl (C=O) groups excluding carboxylic acids is 3. The molecule has 0 aliphatic carbocycles. The summed E-state index contributed by atoms with van der Waals surface area (Å²) in [5.41, 5.74) is 1.26. The molecule has 1 spiro atoms. The molecule has 55 heavy (non-hydrogen) atoms. The molecule has 2 heterocycles. The van der Waals surface area contributed by atoms with Crippen LogP contribution in [0.3, 0.4) is 0 Å². The molecule has 0 atom stereocenters. The first-order valence-corrected chi connectivity index (χ1v) is 17.9. The molecule has 5 aromatic rings. The standard InChI is InChI=1S/C44H42N2O9/c1-42(2,3)54-40(48)45(50-27-29-15-9-7-10-16-29)31-21-23-35-37(25-31)52-38-26-32(22-24-36(38)44(35)34-20-14-13-19-33(34)39(47)53-44)46(41(49)55-43(4,5)6)51-28-30-17-11-8-12-18-30/h7-26H,27-28H2,1-6H3. The van der Waals surface area contributed by atoms with Crippen LogP contribution in [0, 0.1) is 0 Å². The predicted molar refractivity (Wildman–Crippen MR) is 205 cm³/mol. The molecule has 0 N–H and O–H groups in total. The SMILES string of the molecule is CC(C)(C)OC(=O)N(OCc1ccccc1)c1ccc2c(c1)Oc1cc(N(OCc3ccccc3)C(=O)OC(C)(C)C)ccc1C21OC(=O)c2ccccc21. The van der Waals surface area contributed by atoms with E-state index in [0.717, 1.165) is 21.3 Å². The highest BCUT2D eigenvalue weighted by molar-refractivity contribution is 5.97. The Morgan fingerprint density at radius 1 is 0.582 bits per heavy atom. The molecule has 2 amide bonds. The normalized spacial score (nSPS) is 13.8. The van der Waals surface area contributed by atoms with Gasteiger partial charge in [-0.3, -0.25) is 9.68 Å². The largest absolute Gasteiger partial charge is 0.456 e. The van der Waals surface area contributed by atoms with Gasteiger partial charge in [0.2, 0.25) is 0 Å². The first-order valence-electron chi connectivity index (χ1n) is 17.9. The fraction of sp³-hybridized carbons (Fsp3) is 0.250. The number of esters is 1. The van der Waals surface area contributed by atoms with Crippen molar-refractivity contribution >= 4 is 29.5 Å². The van der Waals surface area contributed by atoms with Crippen LogP contribution >= 0.6 is 0 Å². The van der Waals surface area contributed by atoms with Gasteiger partial charge in [0, 0.05) is 28.8 Å². The summed E-state index contributed by atoms with van der Waals surface area (Å²) < 4.78 is 24.5. The number of amides is 2. The zero-order valence-electron chi connectivity index (χ0n) is 31.5. The number of benzene rings is 5. The maximum Gasteiger partial charge on any atom is 0.439 e. The molecule has 2 aliphatic heterocycles. The minimum atomic E-state index is -1.43. The van der Waals surface area contributed by atoms with Crippen molar-refractivity contribution in [2.75, 3.05) is 10.1 Å². The third-order valence-corrected chi connectivity index (χ3v) is 8.67. The molecule has 0 saturated heterocycles. The van der Waals surface area contributed by atoms with Gasteiger partial charge >= 0.3 is 18.2 Å². The van der Waals surface area contributed by atoms with Gasteiger partial charge in [0.05, 0.1) is 16.9 Å². The topological polar surface area (TPSA) is 113 Å². The Labute approximate surface area is 319 Å². The number of rotatable bonds is 8. The highest BCUT2D eigenvalue weighted by Crippen LogP contribution is 2.57. The first-order chi connectivity index (χ1) is 26.2. The molecule has 0 fully saturated rings. The van der Waals surface area contributed by atoms with E-state index < -0.39 is 35.0 Å². The average Bonchev–Trinajstić information content (AvgIpc) is 3.43. The second kappa shape index (κ2) is 14.6. The summed E-state index contributed by atoms with van der Waals surface area (Å²) in [7, 11) is 0. The fourth-order valence-corrected chi connectivity index (χ4v) is 6.40. The van der Waals surface area contributed by atoms with Crippen molar-refractivity contribution in [1.82, 2.24) is 0 Å². The zero-order chi connectivity index (χ0) is 39.0. The van der Waals surface area contributed by atoms with Crippen molar-refractivity contribution in [3.63, 3.8) is 0 Å². The lowest BCUT2D eigenvalue weighted by atomic mass is 9.77. The monoisotopic (exact) mass is 742 g/mol. The van der Waals surface area contributed by atoms with Crippen LogP contribution in [0.2, 0.25) is 0 Å². The van der Waals surface area contributed by atoms with Gasteiger partial charge in [0.1, 0.15) is 35.9 Å². The molecule has 282 valence electrons. The van der Waals surface area contributed by atoms with Crippen LogP contribution in [0.15, 0.2) is 121 Å². The second-order valence-corrected chi connectivity index (χ2v) is 15.1. The van der Waals surface area contributed by atoms with Crippen LogP contribution in [0.4, 0.5) is 21.0 Å². The Kier molecular flexibility index (Phi) is 9.85. The summed E-state index contributed by atoms with van der Waals surface area (Å²) in [6, 6.07) is 36.2. The van der Waals surface area contributed by atoms with Gasteiger partial charge in [0.15, 0.2) is 5.60 Å². The van der Waals surface area contributed by atoms with Gasteiger partial charge in [-0.2, -0.15) is 10.1 Å². The maximum absolute atomic E-state index is 13.7. The van der Waals surface area contributed by atoms with Crippen molar-refractivity contribution in [3.8, 4) is 11.5 Å². The van der Waals surface area contributed by atoms with E-state index in [1.165, 1.54) is 0 Å². The minimum absolute atomic E-state index is 0.0720. The van der Waals surface area contributed by atoms with E-state index in [1.807, 2.05) is 72.8 Å². The number of carbonyl (C=O) groups is 3. The fourth-order valence-electron chi connectivity index (χ4n) is 6.40. The van der Waals surface area contributed by atoms with Crippen molar-refractivity contribution in [2.45, 2.75) is 71.6 Å². The third kappa shape index (κ3) is 7.75. The Bertz CT molecular complexity index is 2100. The summed E-state index contributed by atoms with van der Waals surface area (Å²) >= 11 is 0. The summed E-state index contributed by atoms with van der Waals surface area (Å²) in [6.07, 6.45) is -1.48. The number of ether oxygens (including phenoxy) is 4. The maximum atomic E-state index is 13.7. The quantitative estimate of drug-likeness (QED) is 0.0871. The van der Waals surface area contributed by atoms with Crippen molar-refractivity contribution in [1.29, 1.82) is 0 Å². The molecule has 0 unspecified atom stereocenters. The van der Waals surface area contributed by atoms with E-state index >= 15 is 0 Å². The smallest absolute Gasteiger partial charge is 0.439 e. The highest BCUT2D eigenvalue weighted by Gasteiger charge is 2.53. The van der Waals surface area contributed by atoms with Crippen molar-refractivity contribution < 1.29 is 43.0 Å². The molecule has 2 aliphatic rings. The summed E-state index contributed by atoms with van der Waals surface area (Å²) in [5, 5.41) is 2.16. The Balaban J connectivity index is 1.33. The summed E-state index contributed by atoms with van der Waals surface area (Å²) in [4.78, 5) is 53.1. The van der Waals surface area contributed by atoms with Gasteiger partial charge in [-0.15, -0.1) is 0 Å². The van der Waals surface area contributed by atoms with Gasteiger partial charge in [-0.05, 0) is 83.0 Å². The molecule has 0 bridgehead atoms. The van der Waals surface area contributed by atoms with Crippen LogP contribution in [-0.2, 0) is 42.7 Å². The van der Waals surface area contributed by atoms with Crippen LogP contribution in [0.1, 0.15) is 79.7 Å². The molecule has 0 aromatic heterocycles. The number of anilines is 2. The minimum Gasteiger partial charge on any atom is -0.456 e. The average molecular weight is 743 g/mol. The van der Waals surface area contributed by atoms with Gasteiger partial charge in [-0.25, -0.2) is 14.4 Å². The molecule has 11 nitrogen and oxygen atoms in total. The van der Waals surface area contributed by atoms with E-state index in [9.17, 15) is 14.4 Å². The van der Waals surface area contributed by atoms with E-state index in [1.54, 1.807) is 90.1 Å². The van der Waals surface area contributed by atoms with E-state index in [4.69, 9.17) is 28.6 Å². The second-order valence-electron chi connectivity index (χ2n) is 15.1. The molecular formula is C44H42N2O9. The molecule has 0 radical (unpaired) electrons. The van der Waals surface area contributed by atoms with Crippen molar-refractivity contribution in [3.05, 3.63) is 155 Å². The molecule has 7 rings (SSSR count). The van der Waals surface area contributed by atoms with E-state index in [2.05, 4.69) is 0 Å². The summed E-state index contributed by atoms with van der Waals surface area (Å²) in [6.45, 7) is 10.8. The van der Waals surface area contributed by atoms with Crippen LogP contribution < -0.4 is 14.9 Å². The van der Waals surface area contributed by atoms with Crippen molar-refractivity contribution in [2.24, 2.45) is 0 Å². The molecule has 11 heteroatoms. The predicted octanol–water partition coefficient (Wildman–Crippen LogP) is 10.0. The lowest BCUT2D eigenvalue weighted by molar-refractivity contribution is 0.0185. The lowest BCUT2D eigenvalue weighted by Gasteiger charge is -2.37. The number of hydroxylamine groups is 2. The molecular weight excluding hydrogens is 700 g/mol. The Morgan fingerprint density at radius 2 is 1.02 bits per heavy atom. The molecule has 0 saturated carbocycles. The zero-order valence-corrected chi connectivity index (χ0v) is 31.5. The summed E-state index contributed by atoms with van der Waals surface area (Å²) in [5.74, 6) is 0.0424. The van der Waals surface area contributed by atoms with Gasteiger partial charge in [0.25, 0.3) is 0 Å². The van der Waals surface area contributed by atoms with Gasteiger partial charge in [-0.1, -0.05) is 78.9 Å². The van der Waals surface area contributed by atoms with Crippen LogP contribution in [-0.4, -0.2) is 29.4 Å². The van der Waals surface area contributed by atoms with E-state index in [-0.39, 0.29) is 24.7 Å². The van der Waals surface area contributed by atoms with Crippen LogP contribution in [0.25, 0.3) is 0 Å². The third-order valence-electron chi connectivity index (χ3n) is 8.67. The Morgan fingerprint density at radius 3 is 1.47 bits per heavy atom. The number of nitrogens with zero attached hydrogens (tertiary/aromatic N) is 2.